The number of nitrogens with zero attached hydrogens (tertiary/aromatic N) is 7. The second-order valence-corrected chi connectivity index (χ2v) is 14.6. The van der Waals surface area contributed by atoms with Crippen molar-refractivity contribution in [1.82, 2.24) is 30.1 Å². The molecule has 8 rings (SSSR count). The van der Waals surface area contributed by atoms with Crippen LogP contribution in [0.4, 0.5) is 33.5 Å². The third-order valence-corrected chi connectivity index (χ3v) is 10.9. The predicted molar refractivity (Wildman–Crippen MR) is 218 cm³/mol. The largest absolute Gasteiger partial charge is 0.371 e. The number of amides is 4. The van der Waals surface area contributed by atoms with Gasteiger partial charge in [-0.25, -0.2) is 14.8 Å². The maximum Gasteiger partial charge on any atom is 0.328 e. The summed E-state index contributed by atoms with van der Waals surface area (Å²) >= 11 is 0. The zero-order valence-electron chi connectivity index (χ0n) is 31.5. The molecule has 0 radical (unpaired) electrons. The highest BCUT2D eigenvalue weighted by molar-refractivity contribution is 6.06. The zero-order chi connectivity index (χ0) is 38.4. The molecule has 0 unspecified atom stereocenters. The van der Waals surface area contributed by atoms with Crippen LogP contribution in [0.3, 0.4) is 0 Å². The van der Waals surface area contributed by atoms with Crippen LogP contribution in [0.2, 0.25) is 0 Å². The Kier molecular flexibility index (Phi) is 11.0. The summed E-state index contributed by atoms with van der Waals surface area (Å²) < 4.78 is 0. The summed E-state index contributed by atoms with van der Waals surface area (Å²) in [5.41, 5.74) is 7.94. The van der Waals surface area contributed by atoms with Gasteiger partial charge in [0, 0.05) is 117 Å². The molecule has 286 valence electrons. The fourth-order valence-corrected chi connectivity index (χ4v) is 7.70. The Morgan fingerprint density at radius 2 is 1.61 bits per heavy atom. The highest BCUT2D eigenvalue weighted by Crippen LogP contribution is 2.27. The van der Waals surface area contributed by atoms with Crippen LogP contribution < -0.4 is 25.8 Å². The molecule has 3 aromatic carbocycles. The van der Waals surface area contributed by atoms with Gasteiger partial charge in [0.05, 0.1) is 5.69 Å². The molecule has 0 bridgehead atoms. The molecule has 13 heteroatoms. The average molecular weight is 751 g/mol. The lowest BCUT2D eigenvalue weighted by Gasteiger charge is -2.43. The molecule has 0 saturated carbocycles. The molecule has 3 aliphatic rings. The molecule has 2 aromatic heterocycles. The van der Waals surface area contributed by atoms with Gasteiger partial charge in [0.15, 0.2) is 0 Å². The summed E-state index contributed by atoms with van der Waals surface area (Å²) in [6.07, 6.45) is 7.76. The Bertz CT molecular complexity index is 2170. The lowest BCUT2D eigenvalue weighted by molar-refractivity contribution is -0.120. The van der Waals surface area contributed by atoms with Crippen molar-refractivity contribution in [2.45, 2.75) is 38.8 Å². The lowest BCUT2D eigenvalue weighted by atomic mass is 10.0. The smallest absolute Gasteiger partial charge is 0.328 e. The number of benzene rings is 3. The van der Waals surface area contributed by atoms with Crippen LogP contribution in [-0.2, 0) is 11.3 Å². The van der Waals surface area contributed by atoms with Crippen molar-refractivity contribution < 1.29 is 14.4 Å². The Morgan fingerprint density at radius 3 is 2.34 bits per heavy atom. The maximum absolute atomic E-state index is 13.3. The molecule has 3 aliphatic heterocycles. The van der Waals surface area contributed by atoms with E-state index in [1.165, 1.54) is 5.56 Å². The minimum atomic E-state index is -0.353. The molecule has 5 aromatic rings. The van der Waals surface area contributed by atoms with E-state index in [0.717, 1.165) is 92.5 Å². The van der Waals surface area contributed by atoms with Gasteiger partial charge in [0.25, 0.3) is 5.91 Å². The van der Waals surface area contributed by atoms with Crippen molar-refractivity contribution in [1.29, 1.82) is 0 Å². The van der Waals surface area contributed by atoms with Crippen LogP contribution in [0.25, 0.3) is 11.3 Å². The molecule has 0 atom stereocenters. The van der Waals surface area contributed by atoms with Crippen molar-refractivity contribution in [3.63, 3.8) is 0 Å². The topological polar surface area (TPSA) is 139 Å². The number of aromatic nitrogens is 3. The van der Waals surface area contributed by atoms with Crippen LogP contribution in [0.1, 0.15) is 40.7 Å². The standard InChI is InChI=1S/C43H46N10O3/c1-30-4-9-34(27-39(30)48-42-45-19-14-38(47-42)33-3-2-18-44-28-33)46-41(55)32-7-12-35(13-8-32)51-20-15-36(16-21-51)52-25-23-50(24-26-52)29-31-5-10-37(11-6-31)53-22-17-40(54)49-43(53)56/h2-14,18-19,27-28,36H,15-17,20-26,29H2,1H3,(H,46,55)(H,45,47,48)(H,49,54,56). The van der Waals surface area contributed by atoms with Gasteiger partial charge in [0.1, 0.15) is 0 Å². The Hall–Kier alpha value is -6.18. The summed E-state index contributed by atoms with van der Waals surface area (Å²) in [5.74, 6) is 0.0755. The summed E-state index contributed by atoms with van der Waals surface area (Å²) in [5, 5.41) is 8.74. The van der Waals surface area contributed by atoms with Gasteiger partial charge in [-0.1, -0.05) is 18.2 Å². The summed E-state index contributed by atoms with van der Waals surface area (Å²) in [7, 11) is 0. The Balaban J connectivity index is 0.788. The molecule has 3 N–H and O–H groups in total. The third kappa shape index (κ3) is 8.69. The van der Waals surface area contributed by atoms with Crippen LogP contribution in [0, 0.1) is 6.92 Å². The SMILES string of the molecule is Cc1ccc(NC(=O)c2ccc(N3CCC(N4CCN(Cc5ccc(N6CCC(=O)NC6=O)cc5)CC4)CC3)cc2)cc1Nc1nccc(-c2cccnc2)n1. The fourth-order valence-electron chi connectivity index (χ4n) is 7.70. The molecular weight excluding hydrogens is 705 g/mol. The molecule has 5 heterocycles. The van der Waals surface area contributed by atoms with Gasteiger partial charge in [-0.2, -0.15) is 0 Å². The third-order valence-electron chi connectivity index (χ3n) is 10.9. The van der Waals surface area contributed by atoms with Crippen molar-refractivity contribution in [2.75, 3.05) is 66.2 Å². The van der Waals surface area contributed by atoms with Gasteiger partial charge < -0.3 is 15.5 Å². The van der Waals surface area contributed by atoms with E-state index in [1.54, 1.807) is 23.5 Å². The first kappa shape index (κ1) is 36.8. The van der Waals surface area contributed by atoms with Crippen LogP contribution >= 0.6 is 0 Å². The number of aryl methyl sites for hydroxylation is 1. The highest BCUT2D eigenvalue weighted by Gasteiger charge is 2.28. The number of carbonyl (C=O) groups excluding carboxylic acids is 3. The fraction of sp³-hybridized carbons (Fsp3) is 0.302. The van der Waals surface area contributed by atoms with Crippen LogP contribution in [0.15, 0.2) is 104 Å². The quantitative estimate of drug-likeness (QED) is 0.154. The summed E-state index contributed by atoms with van der Waals surface area (Å²) in [6, 6.07) is 27.7. The molecule has 0 spiro atoms. The number of rotatable bonds is 10. The second kappa shape index (κ2) is 16.7. The summed E-state index contributed by atoms with van der Waals surface area (Å²) in [4.78, 5) is 59.4. The average Bonchev–Trinajstić information content (AvgIpc) is 3.23. The molecule has 0 aliphatic carbocycles. The number of anilines is 5. The predicted octanol–water partition coefficient (Wildman–Crippen LogP) is 6.08. The second-order valence-electron chi connectivity index (χ2n) is 14.6. The van der Waals surface area contributed by atoms with Crippen LogP contribution in [-0.4, -0.2) is 94.5 Å². The summed E-state index contributed by atoms with van der Waals surface area (Å²) in [6.45, 7) is 9.42. The molecule has 3 saturated heterocycles. The number of hydrogen-bond donors (Lipinski definition) is 3. The number of piperidine rings is 1. The first-order valence-corrected chi connectivity index (χ1v) is 19.3. The number of carbonyl (C=O) groups is 3. The molecule has 56 heavy (non-hydrogen) atoms. The van der Waals surface area contributed by atoms with Crippen molar-refractivity contribution >= 4 is 46.5 Å². The number of urea groups is 1. The monoisotopic (exact) mass is 750 g/mol. The van der Waals surface area contributed by atoms with E-state index in [0.29, 0.717) is 36.2 Å². The van der Waals surface area contributed by atoms with E-state index in [2.05, 4.69) is 69.9 Å². The van der Waals surface area contributed by atoms with E-state index >= 15 is 0 Å². The van der Waals surface area contributed by atoms with Crippen molar-refractivity contribution in [3.05, 3.63) is 120 Å². The van der Waals surface area contributed by atoms with Crippen molar-refractivity contribution in [3.8, 4) is 11.3 Å². The number of nitrogens with one attached hydrogen (secondary N) is 3. The van der Waals surface area contributed by atoms with Crippen LogP contribution in [0.5, 0.6) is 0 Å². The number of pyridine rings is 1. The van der Waals surface area contributed by atoms with E-state index in [9.17, 15) is 14.4 Å². The number of imide groups is 1. The normalized spacial score (nSPS) is 17.1. The van der Waals surface area contributed by atoms with Gasteiger partial charge in [-0.15, -0.1) is 0 Å². The first-order valence-electron chi connectivity index (χ1n) is 19.3. The van der Waals surface area contributed by atoms with Gasteiger partial charge in [-0.3, -0.25) is 34.6 Å². The molecular formula is C43H46N10O3. The lowest BCUT2D eigenvalue weighted by Crippen LogP contribution is -2.53. The number of piperazine rings is 1. The van der Waals surface area contributed by atoms with Gasteiger partial charge in [0.2, 0.25) is 11.9 Å². The molecule has 4 amide bonds. The van der Waals surface area contributed by atoms with E-state index in [-0.39, 0.29) is 17.8 Å². The van der Waals surface area contributed by atoms with E-state index in [1.807, 2.05) is 67.6 Å². The highest BCUT2D eigenvalue weighted by atomic mass is 16.2. The molecule has 3 fully saturated rings. The zero-order valence-corrected chi connectivity index (χ0v) is 31.5. The first-order chi connectivity index (χ1) is 27.3. The van der Waals surface area contributed by atoms with Gasteiger partial charge >= 0.3 is 6.03 Å². The van der Waals surface area contributed by atoms with Gasteiger partial charge in [-0.05, 0) is 97.6 Å². The maximum atomic E-state index is 13.3. The minimum absolute atomic E-state index is 0.165. The molecule has 13 nitrogen and oxygen atoms in total. The number of hydrogen-bond acceptors (Lipinski definition) is 10. The Morgan fingerprint density at radius 1 is 0.839 bits per heavy atom. The van der Waals surface area contributed by atoms with E-state index in [4.69, 9.17) is 0 Å². The van der Waals surface area contributed by atoms with E-state index < -0.39 is 0 Å². The minimum Gasteiger partial charge on any atom is -0.371 e. The Labute approximate surface area is 326 Å². The van der Waals surface area contributed by atoms with Crippen molar-refractivity contribution in [2.24, 2.45) is 0 Å².